The lowest BCUT2D eigenvalue weighted by molar-refractivity contribution is 0.0138. The lowest BCUT2D eigenvalue weighted by Gasteiger charge is -2.26. The van der Waals surface area contributed by atoms with Crippen LogP contribution in [-0.2, 0) is 19.5 Å². The van der Waals surface area contributed by atoms with E-state index in [2.05, 4.69) is 12.2 Å². The van der Waals surface area contributed by atoms with E-state index >= 15 is 4.39 Å². The second-order valence-electron chi connectivity index (χ2n) is 9.59. The van der Waals surface area contributed by atoms with E-state index in [1.807, 2.05) is 20.8 Å². The Morgan fingerprint density at radius 3 is 2.47 bits per heavy atom. The number of urea groups is 1. The van der Waals surface area contributed by atoms with Gasteiger partial charge in [-0.2, -0.15) is 0 Å². The highest BCUT2D eigenvalue weighted by Crippen LogP contribution is 2.45. The number of hydrogen-bond acceptors (Lipinski definition) is 3. The van der Waals surface area contributed by atoms with Crippen molar-refractivity contribution in [1.29, 1.82) is 0 Å². The summed E-state index contributed by atoms with van der Waals surface area (Å²) >= 11 is 0. The molecule has 5 nitrogen and oxygen atoms in total. The molecule has 1 N–H and O–H groups in total. The molecule has 0 spiro atoms. The number of ether oxygens (including phenoxy) is 1. The number of halogens is 3. The summed E-state index contributed by atoms with van der Waals surface area (Å²) in [4.78, 5) is 16.0. The molecule has 1 fully saturated rings. The van der Waals surface area contributed by atoms with Crippen molar-refractivity contribution in [2.75, 3.05) is 31.6 Å². The van der Waals surface area contributed by atoms with E-state index in [0.717, 1.165) is 50.9 Å². The minimum atomic E-state index is -2.82. The van der Waals surface area contributed by atoms with E-state index in [4.69, 9.17) is 4.74 Å². The van der Waals surface area contributed by atoms with E-state index in [9.17, 15) is 13.6 Å². The van der Waals surface area contributed by atoms with Crippen molar-refractivity contribution in [3.05, 3.63) is 45.3 Å². The smallest absolute Gasteiger partial charge is 0.320 e. The normalized spacial score (nSPS) is 18.4. The maximum atomic E-state index is 15.1. The van der Waals surface area contributed by atoms with Crippen LogP contribution in [0.4, 0.5) is 23.7 Å². The van der Waals surface area contributed by atoms with Crippen molar-refractivity contribution < 1.29 is 22.7 Å². The number of hydrogen-bond donors (Lipinski definition) is 1. The molecule has 34 heavy (non-hydrogen) atoms. The number of rotatable bonds is 2. The van der Waals surface area contributed by atoms with Crippen LogP contribution in [0.15, 0.2) is 6.07 Å². The second-order valence-corrected chi connectivity index (χ2v) is 9.59. The van der Waals surface area contributed by atoms with Crippen LogP contribution in [0.5, 0.6) is 5.75 Å². The van der Waals surface area contributed by atoms with Crippen LogP contribution in [0.1, 0.15) is 46.7 Å². The zero-order chi connectivity index (χ0) is 24.4. The largest absolute Gasteiger partial charge is 0.486 e. The van der Waals surface area contributed by atoms with Gasteiger partial charge in [0.05, 0.1) is 12.2 Å². The third-order valence-electron chi connectivity index (χ3n) is 7.57. The average molecular weight is 474 g/mol. The van der Waals surface area contributed by atoms with Crippen molar-refractivity contribution >= 4 is 11.7 Å². The van der Waals surface area contributed by atoms with Crippen LogP contribution in [0.2, 0.25) is 0 Å². The fourth-order valence-electron chi connectivity index (χ4n) is 5.77. The summed E-state index contributed by atoms with van der Waals surface area (Å²) in [6.45, 7) is 9.48. The quantitative estimate of drug-likeness (QED) is 0.621. The fraction of sp³-hybridized carbons (Fsp3) is 0.500. The lowest BCUT2D eigenvalue weighted by Crippen LogP contribution is -2.40. The Balaban J connectivity index is 1.58. The lowest BCUT2D eigenvalue weighted by atomic mass is 9.83. The Kier molecular flexibility index (Phi) is 5.45. The molecule has 3 aliphatic rings. The summed E-state index contributed by atoms with van der Waals surface area (Å²) in [5.74, 6) is -2.95. The number of carbonyl (C=O) groups is 1. The predicted molar refractivity (Wildman–Crippen MR) is 125 cm³/mol. The zero-order valence-electron chi connectivity index (χ0n) is 20.1. The van der Waals surface area contributed by atoms with Gasteiger partial charge in [-0.25, -0.2) is 18.0 Å². The van der Waals surface area contributed by atoms with E-state index in [1.54, 1.807) is 11.0 Å². The molecule has 0 aromatic heterocycles. The first-order valence-electron chi connectivity index (χ1n) is 11.9. The predicted octanol–water partition coefficient (Wildman–Crippen LogP) is 5.56. The molecule has 182 valence electrons. The van der Waals surface area contributed by atoms with Crippen molar-refractivity contribution in [3.8, 4) is 16.9 Å². The van der Waals surface area contributed by atoms with Crippen LogP contribution in [-0.4, -0.2) is 48.0 Å². The molecular weight excluding hydrogens is 443 g/mol. The highest BCUT2D eigenvalue weighted by atomic mass is 19.3. The van der Waals surface area contributed by atoms with Gasteiger partial charge in [0, 0.05) is 32.6 Å². The molecule has 0 bridgehead atoms. The molecule has 1 saturated heterocycles. The molecule has 0 radical (unpaired) electrons. The highest BCUT2D eigenvalue weighted by Gasteiger charge is 2.42. The molecule has 0 atom stereocenters. The summed E-state index contributed by atoms with van der Waals surface area (Å²) < 4.78 is 48.0. The van der Waals surface area contributed by atoms with Gasteiger partial charge in [-0.15, -0.1) is 0 Å². The first kappa shape index (κ1) is 22.9. The maximum Gasteiger partial charge on any atom is 0.320 e. The minimum absolute atomic E-state index is 0.0742. The van der Waals surface area contributed by atoms with E-state index in [-0.39, 0.29) is 24.7 Å². The molecule has 0 aliphatic carbocycles. The number of benzene rings is 2. The molecule has 5 rings (SSSR count). The third kappa shape index (κ3) is 3.49. The molecule has 0 saturated carbocycles. The molecule has 2 aromatic carbocycles. The number of anilines is 1. The molecule has 2 aromatic rings. The number of amides is 2. The summed E-state index contributed by atoms with van der Waals surface area (Å²) in [6.07, 6.45) is 0.465. The number of fused-ring (bicyclic) bond motifs is 2. The monoisotopic (exact) mass is 473 g/mol. The second kappa shape index (κ2) is 8.10. The van der Waals surface area contributed by atoms with Crippen molar-refractivity contribution in [1.82, 2.24) is 9.80 Å². The van der Waals surface area contributed by atoms with Gasteiger partial charge in [0.1, 0.15) is 6.61 Å². The standard InChI is InChI=1S/C26H30F3N3O2/c1-5-17-14(2)19-11-32(25(33)31-8-6-26(28,29)13-31)12-20(19)15(3)22(17)18-10-21(27)24-23(16(18)4)30-7-9-34-24/h10,30H,5-9,11-13H2,1-4H3. The van der Waals surface area contributed by atoms with Crippen LogP contribution < -0.4 is 10.1 Å². The van der Waals surface area contributed by atoms with Gasteiger partial charge in [0.25, 0.3) is 5.92 Å². The number of nitrogens with zero attached hydrogens (tertiary/aromatic N) is 2. The van der Waals surface area contributed by atoms with Crippen molar-refractivity contribution in [3.63, 3.8) is 0 Å². The number of likely N-dealkylation sites (tertiary alicyclic amines) is 1. The average Bonchev–Trinajstić information content (AvgIpc) is 3.42. The first-order valence-corrected chi connectivity index (χ1v) is 11.9. The minimum Gasteiger partial charge on any atom is -0.486 e. The molecule has 2 amide bonds. The Labute approximate surface area is 197 Å². The van der Waals surface area contributed by atoms with Gasteiger partial charge in [0.15, 0.2) is 11.6 Å². The Hall–Kier alpha value is -2.90. The number of nitrogens with one attached hydrogen (secondary N) is 1. The zero-order valence-corrected chi connectivity index (χ0v) is 20.1. The SMILES string of the molecule is CCc1c(C)c2c(c(C)c1-c1cc(F)c3c(c1C)NCCO3)CN(C(=O)N1CCC(F)(F)C1)C2. The molecule has 0 unspecified atom stereocenters. The molecule has 3 aliphatic heterocycles. The molecule has 3 heterocycles. The van der Waals surface area contributed by atoms with E-state index < -0.39 is 18.3 Å². The van der Waals surface area contributed by atoms with Crippen LogP contribution in [0.25, 0.3) is 11.1 Å². The fourth-order valence-corrected chi connectivity index (χ4v) is 5.77. The van der Waals surface area contributed by atoms with Gasteiger partial charge in [-0.05, 0) is 77.8 Å². The van der Waals surface area contributed by atoms with E-state index in [0.29, 0.717) is 31.9 Å². The topological polar surface area (TPSA) is 44.8 Å². The Morgan fingerprint density at radius 1 is 1.12 bits per heavy atom. The van der Waals surface area contributed by atoms with Crippen molar-refractivity contribution in [2.24, 2.45) is 0 Å². The summed E-state index contributed by atoms with van der Waals surface area (Å²) in [5, 5.41) is 3.28. The van der Waals surface area contributed by atoms with Crippen LogP contribution in [0, 0.1) is 26.6 Å². The van der Waals surface area contributed by atoms with Gasteiger partial charge >= 0.3 is 6.03 Å². The van der Waals surface area contributed by atoms with Gasteiger partial charge in [-0.1, -0.05) is 6.92 Å². The summed E-state index contributed by atoms with van der Waals surface area (Å²) in [5.41, 5.74) is 8.76. The van der Waals surface area contributed by atoms with Gasteiger partial charge in [0.2, 0.25) is 0 Å². The number of carbonyl (C=O) groups excluding carboxylic acids is 1. The molecule has 8 heteroatoms. The highest BCUT2D eigenvalue weighted by molar-refractivity contribution is 5.84. The Morgan fingerprint density at radius 2 is 1.82 bits per heavy atom. The summed E-state index contributed by atoms with van der Waals surface area (Å²) in [6, 6.07) is 1.21. The Bertz CT molecular complexity index is 1200. The molecular formula is C26H30F3N3O2. The van der Waals surface area contributed by atoms with Crippen LogP contribution >= 0.6 is 0 Å². The summed E-state index contributed by atoms with van der Waals surface area (Å²) in [7, 11) is 0. The number of alkyl halides is 2. The maximum absolute atomic E-state index is 15.1. The van der Waals surface area contributed by atoms with E-state index in [1.165, 1.54) is 4.90 Å². The third-order valence-corrected chi connectivity index (χ3v) is 7.57. The van der Waals surface area contributed by atoms with Gasteiger partial charge < -0.3 is 19.9 Å². The van der Waals surface area contributed by atoms with Gasteiger partial charge in [-0.3, -0.25) is 0 Å². The first-order chi connectivity index (χ1) is 16.1. The van der Waals surface area contributed by atoms with Crippen molar-refractivity contribution in [2.45, 2.75) is 59.5 Å². The van der Waals surface area contributed by atoms with Crippen LogP contribution in [0.3, 0.4) is 0 Å².